The van der Waals surface area contributed by atoms with Crippen LogP contribution in [0.2, 0.25) is 0 Å². The van der Waals surface area contributed by atoms with Crippen LogP contribution in [0.15, 0.2) is 42.0 Å². The molecule has 1 aliphatic carbocycles. The predicted octanol–water partition coefficient (Wildman–Crippen LogP) is 6.49. The fourth-order valence-electron chi connectivity index (χ4n) is 4.78. The monoisotopic (exact) mass is 363 g/mol. The summed E-state index contributed by atoms with van der Waals surface area (Å²) in [6.45, 7) is 13.2. The van der Waals surface area contributed by atoms with Gasteiger partial charge in [-0.1, -0.05) is 64.1 Å². The van der Waals surface area contributed by atoms with Crippen LogP contribution in [0.5, 0.6) is 0 Å². The molecule has 1 aliphatic heterocycles. The fourth-order valence-corrected chi connectivity index (χ4v) is 4.78. The van der Waals surface area contributed by atoms with Crippen molar-refractivity contribution < 1.29 is 4.74 Å². The van der Waals surface area contributed by atoms with Gasteiger partial charge in [-0.25, -0.2) is 0 Å². The number of para-hydroxylation sites is 1. The molecule has 0 spiro atoms. The van der Waals surface area contributed by atoms with E-state index in [0.717, 1.165) is 32.4 Å². The molecular weight excluding hydrogens is 330 g/mol. The molecule has 0 bridgehead atoms. The van der Waals surface area contributed by atoms with Crippen molar-refractivity contribution >= 4 is 10.9 Å². The van der Waals surface area contributed by atoms with Gasteiger partial charge >= 0.3 is 0 Å². The van der Waals surface area contributed by atoms with Crippen molar-refractivity contribution in [3.63, 3.8) is 0 Å². The van der Waals surface area contributed by atoms with Crippen LogP contribution in [0.25, 0.3) is 10.9 Å². The molecule has 2 aromatic rings. The highest BCUT2D eigenvalue weighted by molar-refractivity contribution is 5.89. The first-order valence-electron chi connectivity index (χ1n) is 10.6. The maximum Gasteiger partial charge on any atom is 0.105 e. The molecular formula is C25H33NO. The van der Waals surface area contributed by atoms with Gasteiger partial charge in [0, 0.05) is 11.9 Å². The zero-order valence-electron chi connectivity index (χ0n) is 17.5. The molecule has 0 amide bonds. The summed E-state index contributed by atoms with van der Waals surface area (Å²) in [5.41, 5.74) is 7.02. The lowest BCUT2D eigenvalue weighted by Gasteiger charge is -2.35. The van der Waals surface area contributed by atoms with Crippen LogP contribution in [0, 0.1) is 5.92 Å². The molecule has 2 heterocycles. The van der Waals surface area contributed by atoms with Crippen molar-refractivity contribution in [2.45, 2.75) is 71.9 Å². The molecule has 0 saturated carbocycles. The zero-order chi connectivity index (χ0) is 19.2. The first-order chi connectivity index (χ1) is 12.9. The highest BCUT2D eigenvalue weighted by atomic mass is 16.5. The molecule has 2 aliphatic rings. The first-order valence-corrected chi connectivity index (χ1v) is 10.6. The Balaban J connectivity index is 1.97. The first kappa shape index (κ1) is 18.6. The Labute approximate surface area is 163 Å². The second kappa shape index (κ2) is 6.98. The Morgan fingerprint density at radius 2 is 2.11 bits per heavy atom. The molecule has 27 heavy (non-hydrogen) atoms. The van der Waals surface area contributed by atoms with Crippen molar-refractivity contribution in [2.75, 3.05) is 6.61 Å². The summed E-state index contributed by atoms with van der Waals surface area (Å²) in [7, 11) is 0. The van der Waals surface area contributed by atoms with Crippen LogP contribution in [-0.4, -0.2) is 11.2 Å². The molecule has 2 atom stereocenters. The van der Waals surface area contributed by atoms with Crippen molar-refractivity contribution in [3.05, 3.63) is 58.8 Å². The molecule has 0 fully saturated rings. The Hall–Kier alpha value is -1.80. The summed E-state index contributed by atoms with van der Waals surface area (Å²) in [4.78, 5) is 0. The van der Waals surface area contributed by atoms with E-state index in [2.05, 4.69) is 75.6 Å². The van der Waals surface area contributed by atoms with Crippen molar-refractivity contribution in [1.82, 2.24) is 4.57 Å². The minimum absolute atomic E-state index is 0.201. The minimum atomic E-state index is -0.201. The lowest BCUT2D eigenvalue weighted by atomic mass is 9.90. The molecule has 2 heteroatoms. The molecule has 1 aromatic carbocycles. The van der Waals surface area contributed by atoms with Gasteiger partial charge in [0.15, 0.2) is 0 Å². The smallest absolute Gasteiger partial charge is 0.105 e. The lowest BCUT2D eigenvalue weighted by Crippen LogP contribution is -2.34. The summed E-state index contributed by atoms with van der Waals surface area (Å²) in [6.07, 6.45) is 10.3. The third-order valence-corrected chi connectivity index (χ3v) is 6.52. The van der Waals surface area contributed by atoms with Crippen LogP contribution >= 0.6 is 0 Å². The number of hydrogen-bond donors (Lipinski definition) is 0. The largest absolute Gasteiger partial charge is 0.369 e. The van der Waals surface area contributed by atoms with Crippen LogP contribution in [0.3, 0.4) is 0 Å². The third kappa shape index (κ3) is 3.08. The van der Waals surface area contributed by atoms with Crippen LogP contribution < -0.4 is 0 Å². The van der Waals surface area contributed by atoms with E-state index in [4.69, 9.17) is 4.74 Å². The molecule has 1 aromatic heterocycles. The highest BCUT2D eigenvalue weighted by Gasteiger charge is 2.37. The number of hydrogen-bond acceptors (Lipinski definition) is 1. The molecule has 4 rings (SSSR count). The van der Waals surface area contributed by atoms with E-state index in [1.165, 1.54) is 33.3 Å². The Kier molecular flexibility index (Phi) is 4.80. The Morgan fingerprint density at radius 1 is 1.30 bits per heavy atom. The van der Waals surface area contributed by atoms with E-state index in [1.807, 2.05) is 0 Å². The number of allylic oxidation sites excluding steroid dienone is 4. The summed E-state index contributed by atoms with van der Waals surface area (Å²) in [6, 6.07) is 6.87. The van der Waals surface area contributed by atoms with Gasteiger partial charge in [0.25, 0.3) is 0 Å². The van der Waals surface area contributed by atoms with Gasteiger partial charge in [-0.3, -0.25) is 0 Å². The summed E-state index contributed by atoms with van der Waals surface area (Å²) >= 11 is 0. The fraction of sp³-hybridized carbons (Fsp3) is 0.520. The molecule has 0 saturated heterocycles. The van der Waals surface area contributed by atoms with E-state index < -0.39 is 0 Å². The lowest BCUT2D eigenvalue weighted by molar-refractivity contribution is -0.0539. The summed E-state index contributed by atoms with van der Waals surface area (Å²) < 4.78 is 8.95. The molecule has 0 radical (unpaired) electrons. The van der Waals surface area contributed by atoms with Gasteiger partial charge in [0.1, 0.15) is 5.60 Å². The normalized spacial score (nSPS) is 25.1. The second-order valence-corrected chi connectivity index (χ2v) is 8.85. The van der Waals surface area contributed by atoms with Crippen LogP contribution in [-0.2, 0) is 23.3 Å². The number of rotatable bonds is 4. The van der Waals surface area contributed by atoms with Gasteiger partial charge < -0.3 is 9.30 Å². The van der Waals surface area contributed by atoms with Gasteiger partial charge in [0.2, 0.25) is 0 Å². The van der Waals surface area contributed by atoms with Crippen molar-refractivity contribution in [2.24, 2.45) is 5.92 Å². The molecule has 2 unspecified atom stereocenters. The van der Waals surface area contributed by atoms with Crippen LogP contribution in [0.4, 0.5) is 0 Å². The average Bonchev–Trinajstić information content (AvgIpc) is 2.99. The summed E-state index contributed by atoms with van der Waals surface area (Å²) in [5, 5.41) is 1.44. The maximum absolute atomic E-state index is 6.36. The number of fused-ring (bicyclic) bond motifs is 3. The molecule has 144 valence electrons. The number of aromatic nitrogens is 1. The average molecular weight is 364 g/mol. The quantitative estimate of drug-likeness (QED) is 0.606. The van der Waals surface area contributed by atoms with E-state index in [9.17, 15) is 0 Å². The molecule has 0 N–H and O–H groups in total. The summed E-state index contributed by atoms with van der Waals surface area (Å²) in [5.74, 6) is 1.16. The topological polar surface area (TPSA) is 14.2 Å². The van der Waals surface area contributed by atoms with E-state index in [-0.39, 0.29) is 5.60 Å². The van der Waals surface area contributed by atoms with E-state index in [1.54, 1.807) is 0 Å². The van der Waals surface area contributed by atoms with E-state index in [0.29, 0.717) is 11.8 Å². The molecule has 2 nitrogen and oxygen atoms in total. The van der Waals surface area contributed by atoms with Gasteiger partial charge in [-0.2, -0.15) is 0 Å². The van der Waals surface area contributed by atoms with Crippen LogP contribution in [0.1, 0.15) is 70.2 Å². The predicted molar refractivity (Wildman–Crippen MR) is 114 cm³/mol. The van der Waals surface area contributed by atoms with Gasteiger partial charge in [0.05, 0.1) is 17.8 Å². The number of ether oxygens (including phenoxy) is 1. The number of benzene rings is 1. The van der Waals surface area contributed by atoms with Gasteiger partial charge in [-0.05, 0) is 54.7 Å². The van der Waals surface area contributed by atoms with E-state index >= 15 is 0 Å². The Bertz CT molecular complexity index is 914. The minimum Gasteiger partial charge on any atom is -0.369 e. The third-order valence-electron chi connectivity index (χ3n) is 6.52. The Morgan fingerprint density at radius 3 is 2.78 bits per heavy atom. The van der Waals surface area contributed by atoms with Crippen molar-refractivity contribution in [1.29, 1.82) is 0 Å². The van der Waals surface area contributed by atoms with Crippen molar-refractivity contribution in [3.8, 4) is 0 Å². The maximum atomic E-state index is 6.36. The zero-order valence-corrected chi connectivity index (χ0v) is 17.5. The number of nitrogens with zero attached hydrogens (tertiary/aromatic N) is 1. The standard InChI is InChI=1S/C25H33NO/c1-6-25(5)24-22(14-15-27-25)21-9-7-8-20(17(2)3)23(21)26(24)16-19-12-10-18(4)11-13-19/h7-10,12-13,17-18H,6,11,14-16H2,1-5H3. The van der Waals surface area contributed by atoms with Gasteiger partial charge in [-0.15, -0.1) is 0 Å². The second-order valence-electron chi connectivity index (χ2n) is 8.85. The highest BCUT2D eigenvalue weighted by Crippen LogP contribution is 2.43. The SMILES string of the molecule is CCC1(C)OCCc2c1n(CC1=CCC(C)C=C1)c1c(C(C)C)cccc21.